The zero-order valence-electron chi connectivity index (χ0n) is 6.95. The van der Waals surface area contributed by atoms with Gasteiger partial charge in [-0.15, -0.1) is 0 Å². The van der Waals surface area contributed by atoms with Crippen LogP contribution in [-0.2, 0) is 0 Å². The van der Waals surface area contributed by atoms with Gasteiger partial charge in [-0.2, -0.15) is 0 Å². The summed E-state index contributed by atoms with van der Waals surface area (Å²) in [6.45, 7) is 0. The Balaban J connectivity index is 3.52. The number of nitro benzene ring substituents is 2. The van der Waals surface area contributed by atoms with Crippen molar-refractivity contribution < 1.29 is 9.85 Å². The van der Waals surface area contributed by atoms with Crippen LogP contribution in [0.1, 0.15) is 0 Å². The predicted octanol–water partition coefficient (Wildman–Crippen LogP) is 2.15. The van der Waals surface area contributed by atoms with Crippen LogP contribution in [0.2, 0.25) is 5.02 Å². The molecule has 0 saturated carbocycles. The van der Waals surface area contributed by atoms with E-state index in [-0.39, 0.29) is 5.02 Å². The van der Waals surface area contributed by atoms with Gasteiger partial charge in [0.15, 0.2) is 0 Å². The summed E-state index contributed by atoms with van der Waals surface area (Å²) in [5, 5.41) is 23.1. The molecule has 0 aliphatic rings. The lowest BCUT2D eigenvalue weighted by Gasteiger charge is -1.94. The van der Waals surface area contributed by atoms with Gasteiger partial charge in [0, 0.05) is 6.07 Å². The number of nitrogens with zero attached hydrogens (tertiary/aromatic N) is 4. The van der Waals surface area contributed by atoms with Crippen LogP contribution in [0.15, 0.2) is 12.1 Å². The van der Waals surface area contributed by atoms with Gasteiger partial charge in [-0.05, 0) is 5.11 Å². The third-order valence-electron chi connectivity index (χ3n) is 1.54. The fraction of sp³-hybridized carbons (Fsp3) is 0. The minimum Gasteiger partial charge on any atom is -0.424 e. The molecule has 0 atom stereocenters. The number of benzene rings is 1. The molecule has 0 aliphatic carbocycles. The molecule has 0 N–H and O–H groups in total. The Labute approximate surface area is 87.3 Å². The van der Waals surface area contributed by atoms with Crippen molar-refractivity contribution in [2.24, 2.45) is 0 Å². The van der Waals surface area contributed by atoms with Crippen LogP contribution in [0.3, 0.4) is 0 Å². The summed E-state index contributed by atoms with van der Waals surface area (Å²) in [4.78, 5) is 19.1. The van der Waals surface area contributed by atoms with Crippen molar-refractivity contribution in [1.29, 1.82) is 0 Å². The lowest BCUT2D eigenvalue weighted by atomic mass is 10.2. The SMILES string of the molecule is [N-]=[N+]c1c(Cl)cc([N+](=O)[O-])cc1[N+](=O)[O-]. The molecule has 0 saturated heterocycles. The van der Waals surface area contributed by atoms with Crippen molar-refractivity contribution in [2.45, 2.75) is 0 Å². The number of non-ortho nitro benzene ring substituents is 1. The lowest BCUT2D eigenvalue weighted by Crippen LogP contribution is -1.95. The van der Waals surface area contributed by atoms with Gasteiger partial charge in [-0.25, -0.2) is 0 Å². The first-order chi connectivity index (χ1) is 6.97. The summed E-state index contributed by atoms with van der Waals surface area (Å²) >= 11 is 5.46. The highest BCUT2D eigenvalue weighted by Crippen LogP contribution is 2.35. The Kier molecular flexibility index (Phi) is 2.90. The van der Waals surface area contributed by atoms with Gasteiger partial charge in [0.1, 0.15) is 11.1 Å². The molecule has 1 aromatic rings. The van der Waals surface area contributed by atoms with E-state index in [0.717, 1.165) is 6.07 Å². The fourth-order valence-corrected chi connectivity index (χ4v) is 1.16. The normalized spacial score (nSPS) is 9.67. The van der Waals surface area contributed by atoms with Gasteiger partial charge < -0.3 is 5.53 Å². The van der Waals surface area contributed by atoms with Crippen LogP contribution in [-0.4, -0.2) is 9.85 Å². The summed E-state index contributed by atoms with van der Waals surface area (Å²) in [5.41, 5.74) is 6.67. The van der Waals surface area contributed by atoms with E-state index in [2.05, 4.69) is 5.11 Å². The minimum absolute atomic E-state index is 0.363. The van der Waals surface area contributed by atoms with E-state index in [1.807, 2.05) is 0 Å². The number of hydrogen-bond donors (Lipinski definition) is 0. The molecule has 0 fully saturated rings. The third kappa shape index (κ3) is 2.05. The largest absolute Gasteiger partial charge is 0.424 e. The van der Waals surface area contributed by atoms with E-state index in [0.29, 0.717) is 6.07 Å². The van der Waals surface area contributed by atoms with E-state index in [4.69, 9.17) is 17.1 Å². The molecule has 0 heterocycles. The molecular formula is C6H2ClN4O4. The zero-order valence-corrected chi connectivity index (χ0v) is 7.71. The number of nitro groups is 2. The Morgan fingerprint density at radius 1 is 1.27 bits per heavy atom. The number of rotatable bonds is 3. The quantitative estimate of drug-likeness (QED) is 0.447. The smallest absolute Gasteiger partial charge is 0.358 e. The summed E-state index contributed by atoms with van der Waals surface area (Å²) < 4.78 is 0. The maximum atomic E-state index is 10.5. The average Bonchev–Trinajstić information content (AvgIpc) is 2.16. The maximum Gasteiger partial charge on any atom is 0.358 e. The Morgan fingerprint density at radius 2 is 1.87 bits per heavy atom. The summed E-state index contributed by atoms with van der Waals surface area (Å²) in [6.07, 6.45) is 0. The van der Waals surface area contributed by atoms with Crippen molar-refractivity contribution in [3.8, 4) is 0 Å². The van der Waals surface area contributed by atoms with E-state index in [1.54, 1.807) is 0 Å². The molecule has 9 heteroatoms. The Bertz CT molecular complexity index is 461. The van der Waals surface area contributed by atoms with E-state index in [1.165, 1.54) is 0 Å². The Hall–Kier alpha value is -2.09. The first-order valence-electron chi connectivity index (χ1n) is 3.44. The van der Waals surface area contributed by atoms with Gasteiger partial charge >= 0.3 is 11.4 Å². The summed E-state index contributed by atoms with van der Waals surface area (Å²) in [7, 11) is 0. The third-order valence-corrected chi connectivity index (χ3v) is 1.82. The zero-order chi connectivity index (χ0) is 11.6. The maximum absolute atomic E-state index is 10.5. The molecule has 0 aromatic heterocycles. The highest BCUT2D eigenvalue weighted by molar-refractivity contribution is 6.33. The van der Waals surface area contributed by atoms with Crippen molar-refractivity contribution >= 4 is 28.7 Å². The summed E-state index contributed by atoms with van der Waals surface area (Å²) in [6, 6.07) is 1.53. The van der Waals surface area contributed by atoms with Crippen LogP contribution >= 0.6 is 11.6 Å². The van der Waals surface area contributed by atoms with Crippen LogP contribution in [0.4, 0.5) is 17.1 Å². The van der Waals surface area contributed by atoms with Crippen LogP contribution in [0.5, 0.6) is 0 Å². The topological polar surface area (TPSA) is 123 Å². The minimum atomic E-state index is -0.923. The standard InChI is InChI=1S/C6H2ClN4O4/c7-4-1-3(10(12)13)2-5(11(14)15)6(4)9-8/h1-2H. The molecule has 1 aromatic carbocycles. The monoisotopic (exact) mass is 229 g/mol. The molecule has 0 bridgehead atoms. The summed E-state index contributed by atoms with van der Waals surface area (Å²) in [5.74, 6) is 0. The molecule has 8 nitrogen and oxygen atoms in total. The molecular weight excluding hydrogens is 228 g/mol. The molecule has 1 radical (unpaired) electrons. The molecule has 15 heavy (non-hydrogen) atoms. The molecule has 0 aliphatic heterocycles. The van der Waals surface area contributed by atoms with Crippen molar-refractivity contribution in [2.75, 3.05) is 0 Å². The van der Waals surface area contributed by atoms with Crippen LogP contribution in [0.25, 0.3) is 5.53 Å². The molecule has 77 valence electrons. The second-order valence-corrected chi connectivity index (χ2v) is 2.82. The van der Waals surface area contributed by atoms with Gasteiger partial charge in [-0.3, -0.25) is 20.2 Å². The molecule has 0 amide bonds. The predicted molar refractivity (Wildman–Crippen MR) is 49.9 cm³/mol. The average molecular weight is 230 g/mol. The number of halogens is 1. The van der Waals surface area contributed by atoms with Gasteiger partial charge in [0.25, 0.3) is 5.69 Å². The highest BCUT2D eigenvalue weighted by Gasteiger charge is 2.28. The van der Waals surface area contributed by atoms with Crippen LogP contribution in [0, 0.1) is 20.2 Å². The molecule has 1 rings (SSSR count). The van der Waals surface area contributed by atoms with Crippen molar-refractivity contribution in [1.82, 2.24) is 5.11 Å². The second-order valence-electron chi connectivity index (χ2n) is 2.41. The van der Waals surface area contributed by atoms with Gasteiger partial charge in [0.2, 0.25) is 0 Å². The highest BCUT2D eigenvalue weighted by atomic mass is 35.5. The van der Waals surface area contributed by atoms with E-state index < -0.39 is 26.9 Å². The Morgan fingerprint density at radius 3 is 2.27 bits per heavy atom. The second kappa shape index (κ2) is 3.96. The van der Waals surface area contributed by atoms with E-state index >= 15 is 0 Å². The first kappa shape index (κ1) is 11.0. The van der Waals surface area contributed by atoms with Crippen LogP contribution < -0.4 is 5.11 Å². The molecule has 0 unspecified atom stereocenters. The van der Waals surface area contributed by atoms with Gasteiger partial charge in [0.05, 0.1) is 9.85 Å². The fourth-order valence-electron chi connectivity index (χ4n) is 0.914. The number of hydrogen-bond acceptors (Lipinski definition) is 5. The van der Waals surface area contributed by atoms with E-state index in [9.17, 15) is 20.2 Å². The lowest BCUT2D eigenvalue weighted by molar-refractivity contribution is -0.393. The molecule has 0 spiro atoms. The first-order valence-corrected chi connectivity index (χ1v) is 3.82. The van der Waals surface area contributed by atoms with Crippen molar-refractivity contribution in [3.05, 3.63) is 42.9 Å². The van der Waals surface area contributed by atoms with Crippen molar-refractivity contribution in [3.63, 3.8) is 0 Å². The van der Waals surface area contributed by atoms with Gasteiger partial charge in [-0.1, -0.05) is 11.6 Å².